The van der Waals surface area contributed by atoms with Gasteiger partial charge in [-0.1, -0.05) is 6.07 Å². The third-order valence-electron chi connectivity index (χ3n) is 3.99. The Hall–Kier alpha value is -2.01. The smallest absolute Gasteiger partial charge is 0.378 e. The van der Waals surface area contributed by atoms with Crippen molar-refractivity contribution in [2.45, 2.75) is 25.3 Å². The Balaban J connectivity index is 1.95. The minimum atomic E-state index is -4.61. The van der Waals surface area contributed by atoms with E-state index in [0.717, 1.165) is 6.07 Å². The number of amides is 1. The molecule has 1 aliphatic rings. The fourth-order valence-corrected chi connectivity index (χ4v) is 2.64. The topological polar surface area (TPSA) is 50.8 Å². The Bertz CT molecular complexity index is 657. The van der Waals surface area contributed by atoms with E-state index in [1.54, 1.807) is 4.90 Å². The van der Waals surface area contributed by atoms with Crippen molar-refractivity contribution in [3.63, 3.8) is 0 Å². The van der Waals surface area contributed by atoms with Crippen LogP contribution >= 0.6 is 0 Å². The molecule has 1 aliphatic heterocycles. The average molecular weight is 414 g/mol. The van der Waals surface area contributed by atoms with Gasteiger partial charge in [0.05, 0.1) is 25.4 Å². The predicted molar refractivity (Wildman–Crippen MR) is 87.8 cm³/mol. The van der Waals surface area contributed by atoms with Gasteiger partial charge < -0.3 is 19.7 Å². The second kappa shape index (κ2) is 9.46. The molecule has 1 amide bonds. The molecule has 0 radical (unpaired) electrons. The summed E-state index contributed by atoms with van der Waals surface area (Å²) in [5.41, 5.74) is -0.592. The van der Waals surface area contributed by atoms with E-state index in [1.165, 1.54) is 12.1 Å². The highest BCUT2D eigenvalue weighted by atomic mass is 19.4. The van der Waals surface area contributed by atoms with Crippen molar-refractivity contribution in [3.8, 4) is 0 Å². The first kappa shape index (κ1) is 22.3. The van der Waals surface area contributed by atoms with Crippen molar-refractivity contribution < 1.29 is 40.6 Å². The maximum Gasteiger partial charge on any atom is 0.416 e. The van der Waals surface area contributed by atoms with E-state index in [2.05, 4.69) is 10.1 Å². The molecule has 1 aromatic rings. The van der Waals surface area contributed by atoms with Crippen LogP contribution in [0.3, 0.4) is 0 Å². The van der Waals surface area contributed by atoms with E-state index >= 15 is 0 Å². The van der Waals surface area contributed by atoms with Gasteiger partial charge in [-0.2, -0.15) is 26.3 Å². The number of carbonyl (C=O) groups is 1. The first-order valence-electron chi connectivity index (χ1n) is 8.50. The number of nitrogens with zero attached hydrogens (tertiary/aromatic N) is 1. The fourth-order valence-electron chi connectivity index (χ4n) is 2.64. The highest BCUT2D eigenvalue weighted by molar-refractivity contribution is 5.76. The lowest BCUT2D eigenvalue weighted by Crippen LogP contribution is -2.36. The maximum atomic E-state index is 13.4. The summed E-state index contributed by atoms with van der Waals surface area (Å²) in [5.74, 6) is -0.701. The standard InChI is InChI=1S/C17H20F6N2O3/c18-16(19,20)11-28-6-3-15(26)24-10-12-1-2-13(9-14(12)17(21,22)23)25-4-7-27-8-5-25/h1-2,9H,3-8,10-11H2,(H,24,26). The summed E-state index contributed by atoms with van der Waals surface area (Å²) in [7, 11) is 0. The zero-order valence-electron chi connectivity index (χ0n) is 14.8. The van der Waals surface area contributed by atoms with Gasteiger partial charge in [0.2, 0.25) is 5.91 Å². The number of rotatable bonds is 7. The zero-order chi connectivity index (χ0) is 20.8. The lowest BCUT2D eigenvalue weighted by Gasteiger charge is -2.29. The van der Waals surface area contributed by atoms with Crippen molar-refractivity contribution in [2.75, 3.05) is 44.4 Å². The molecule has 0 aromatic heterocycles. The zero-order valence-corrected chi connectivity index (χ0v) is 14.8. The highest BCUT2D eigenvalue weighted by Gasteiger charge is 2.34. The molecule has 0 aliphatic carbocycles. The molecule has 0 atom stereocenters. The number of morpholine rings is 1. The lowest BCUT2D eigenvalue weighted by molar-refractivity contribution is -0.174. The van der Waals surface area contributed by atoms with Crippen molar-refractivity contribution >= 4 is 11.6 Å². The largest absolute Gasteiger partial charge is 0.416 e. The lowest BCUT2D eigenvalue weighted by atomic mass is 10.0. The van der Waals surface area contributed by atoms with Crippen LogP contribution in [0.5, 0.6) is 0 Å². The third kappa shape index (κ3) is 7.19. The second-order valence-electron chi connectivity index (χ2n) is 6.13. The van der Waals surface area contributed by atoms with Crippen molar-refractivity contribution in [3.05, 3.63) is 29.3 Å². The number of ether oxygens (including phenoxy) is 2. The Labute approximate surface area is 157 Å². The molecule has 0 saturated carbocycles. The van der Waals surface area contributed by atoms with Gasteiger partial charge in [-0.15, -0.1) is 0 Å². The fraction of sp³-hybridized carbons (Fsp3) is 0.588. The van der Waals surface area contributed by atoms with Crippen molar-refractivity contribution in [2.24, 2.45) is 0 Å². The molecule has 11 heteroatoms. The van der Waals surface area contributed by atoms with Gasteiger partial charge in [0.1, 0.15) is 6.61 Å². The normalized spacial score (nSPS) is 15.6. The molecule has 1 N–H and O–H groups in total. The molecule has 1 aromatic carbocycles. The number of anilines is 1. The van der Waals surface area contributed by atoms with Crippen LogP contribution in [0.2, 0.25) is 0 Å². The van der Waals surface area contributed by atoms with E-state index in [9.17, 15) is 31.1 Å². The third-order valence-corrected chi connectivity index (χ3v) is 3.99. The van der Waals surface area contributed by atoms with Crippen LogP contribution in [0.4, 0.5) is 32.0 Å². The molecule has 1 saturated heterocycles. The average Bonchev–Trinajstić information content (AvgIpc) is 2.62. The second-order valence-corrected chi connectivity index (χ2v) is 6.13. The molecule has 1 heterocycles. The molecule has 0 spiro atoms. The number of carbonyl (C=O) groups excluding carboxylic acids is 1. The SMILES string of the molecule is O=C(CCOCC(F)(F)F)NCc1ccc(N2CCOCC2)cc1C(F)(F)F. The highest BCUT2D eigenvalue weighted by Crippen LogP contribution is 2.35. The molecular weight excluding hydrogens is 394 g/mol. The van der Waals surface area contributed by atoms with Crippen molar-refractivity contribution in [1.82, 2.24) is 5.32 Å². The molecule has 2 rings (SSSR count). The van der Waals surface area contributed by atoms with E-state index in [-0.39, 0.29) is 12.0 Å². The van der Waals surface area contributed by atoms with E-state index in [1.807, 2.05) is 0 Å². The Morgan fingerprint density at radius 3 is 2.43 bits per heavy atom. The Morgan fingerprint density at radius 1 is 1.14 bits per heavy atom. The number of hydrogen-bond acceptors (Lipinski definition) is 4. The van der Waals surface area contributed by atoms with Crippen LogP contribution in [-0.4, -0.2) is 51.6 Å². The van der Waals surface area contributed by atoms with Crippen LogP contribution in [0.1, 0.15) is 17.5 Å². The number of alkyl halides is 6. The van der Waals surface area contributed by atoms with E-state index in [0.29, 0.717) is 32.0 Å². The van der Waals surface area contributed by atoms with Crippen LogP contribution < -0.4 is 10.2 Å². The Kier molecular flexibility index (Phi) is 7.53. The molecule has 5 nitrogen and oxygen atoms in total. The summed E-state index contributed by atoms with van der Waals surface area (Å²) in [6.07, 6.45) is -9.50. The van der Waals surface area contributed by atoms with Gasteiger partial charge in [-0.25, -0.2) is 0 Å². The van der Waals surface area contributed by atoms with Gasteiger partial charge in [-0.3, -0.25) is 4.79 Å². The van der Waals surface area contributed by atoms with E-state index < -0.39 is 43.6 Å². The summed E-state index contributed by atoms with van der Waals surface area (Å²) in [4.78, 5) is 13.4. The van der Waals surface area contributed by atoms with Gasteiger partial charge in [0, 0.05) is 31.7 Å². The minimum Gasteiger partial charge on any atom is -0.378 e. The molecular formula is C17H20F6N2O3. The van der Waals surface area contributed by atoms with Crippen LogP contribution in [0.15, 0.2) is 18.2 Å². The summed E-state index contributed by atoms with van der Waals surface area (Å²) < 4.78 is 85.5. The quantitative estimate of drug-likeness (QED) is 0.550. The first-order valence-corrected chi connectivity index (χ1v) is 8.50. The molecule has 158 valence electrons. The van der Waals surface area contributed by atoms with Crippen molar-refractivity contribution in [1.29, 1.82) is 0 Å². The maximum absolute atomic E-state index is 13.4. The Morgan fingerprint density at radius 2 is 1.82 bits per heavy atom. The molecule has 0 bridgehead atoms. The molecule has 1 fully saturated rings. The minimum absolute atomic E-state index is 0.130. The summed E-state index contributed by atoms with van der Waals surface area (Å²) in [5, 5.41) is 2.27. The van der Waals surface area contributed by atoms with Gasteiger partial charge in [0.15, 0.2) is 0 Å². The molecule has 28 heavy (non-hydrogen) atoms. The summed E-state index contributed by atoms with van der Waals surface area (Å²) >= 11 is 0. The number of halogens is 6. The summed E-state index contributed by atoms with van der Waals surface area (Å²) in [6, 6.07) is 3.85. The number of hydrogen-bond donors (Lipinski definition) is 1. The first-order chi connectivity index (χ1) is 13.1. The number of nitrogens with one attached hydrogen (secondary N) is 1. The van der Waals surface area contributed by atoms with E-state index in [4.69, 9.17) is 4.74 Å². The van der Waals surface area contributed by atoms with Gasteiger partial charge in [0.25, 0.3) is 0 Å². The monoisotopic (exact) mass is 414 g/mol. The van der Waals surface area contributed by atoms with Crippen LogP contribution in [0, 0.1) is 0 Å². The van der Waals surface area contributed by atoms with Crippen LogP contribution in [-0.2, 0) is 27.0 Å². The molecule has 0 unspecified atom stereocenters. The predicted octanol–water partition coefficient (Wildman–Crippen LogP) is 3.13. The van der Waals surface area contributed by atoms with Gasteiger partial charge >= 0.3 is 12.4 Å². The summed E-state index contributed by atoms with van der Waals surface area (Å²) in [6.45, 7) is -0.549. The van der Waals surface area contributed by atoms with Gasteiger partial charge in [-0.05, 0) is 17.7 Å². The van der Waals surface area contributed by atoms with Crippen LogP contribution in [0.25, 0.3) is 0 Å². The number of benzene rings is 1.